The number of likely N-dealkylation sites (tertiary alicyclic amines) is 1. The molecule has 4 heterocycles. The summed E-state index contributed by atoms with van der Waals surface area (Å²) in [4.78, 5) is 18.7. The van der Waals surface area contributed by atoms with Gasteiger partial charge < -0.3 is 15.0 Å². The molecule has 29 heavy (non-hydrogen) atoms. The number of fused-ring (bicyclic) bond motifs is 1. The van der Waals surface area contributed by atoms with Crippen LogP contribution >= 0.6 is 0 Å². The number of amides is 1. The van der Waals surface area contributed by atoms with Crippen LogP contribution in [0.25, 0.3) is 0 Å². The Labute approximate surface area is 165 Å². The van der Waals surface area contributed by atoms with E-state index in [1.165, 1.54) is 13.3 Å². The van der Waals surface area contributed by atoms with E-state index in [-0.39, 0.29) is 24.4 Å². The molecule has 0 spiro atoms. The summed E-state index contributed by atoms with van der Waals surface area (Å²) in [5.74, 6) is 0.453. The fourth-order valence-corrected chi connectivity index (χ4v) is 4.08. The highest BCUT2D eigenvalue weighted by Crippen LogP contribution is 2.41. The van der Waals surface area contributed by atoms with Gasteiger partial charge in [0.05, 0.1) is 18.8 Å². The Kier molecular flexibility index (Phi) is 4.87. The predicted molar refractivity (Wildman–Crippen MR) is 98.8 cm³/mol. The molecule has 156 valence electrons. The van der Waals surface area contributed by atoms with Crippen molar-refractivity contribution in [2.24, 2.45) is 0 Å². The number of ether oxygens (including phenoxy) is 1. The summed E-state index contributed by atoms with van der Waals surface area (Å²) >= 11 is 0. The molecule has 1 saturated heterocycles. The zero-order valence-electron chi connectivity index (χ0n) is 16.1. The maximum absolute atomic E-state index is 13.5. The minimum atomic E-state index is -4.38. The predicted octanol–water partition coefficient (Wildman–Crippen LogP) is 3.57. The maximum Gasteiger partial charge on any atom is 0.410 e. The van der Waals surface area contributed by atoms with Crippen LogP contribution in [0.3, 0.4) is 0 Å². The summed E-state index contributed by atoms with van der Waals surface area (Å²) in [6.07, 6.45) is -1.56. The zero-order valence-corrected chi connectivity index (χ0v) is 16.1. The van der Waals surface area contributed by atoms with E-state index >= 15 is 0 Å². The van der Waals surface area contributed by atoms with E-state index in [0.29, 0.717) is 35.9 Å². The number of nitrogens with zero attached hydrogens (tertiary/aromatic N) is 4. The highest BCUT2D eigenvalue weighted by atomic mass is 19.4. The number of pyridine rings is 1. The van der Waals surface area contributed by atoms with Crippen LogP contribution in [-0.2, 0) is 0 Å². The van der Waals surface area contributed by atoms with Crippen LogP contribution in [0.1, 0.15) is 54.3 Å². The quantitative estimate of drug-likeness (QED) is 0.839. The van der Waals surface area contributed by atoms with Crippen LogP contribution in [0, 0.1) is 0 Å². The smallest absolute Gasteiger partial charge is 0.410 e. The molecule has 0 unspecified atom stereocenters. The fourth-order valence-electron chi connectivity index (χ4n) is 4.08. The second-order valence-electron chi connectivity index (χ2n) is 7.48. The van der Waals surface area contributed by atoms with Gasteiger partial charge in [0.15, 0.2) is 6.04 Å². The number of nitrogens with one attached hydrogen (secondary N) is 1. The minimum absolute atomic E-state index is 0.0816. The van der Waals surface area contributed by atoms with Crippen molar-refractivity contribution in [2.45, 2.75) is 50.5 Å². The lowest BCUT2D eigenvalue weighted by atomic mass is 10.1. The van der Waals surface area contributed by atoms with E-state index in [2.05, 4.69) is 15.4 Å². The van der Waals surface area contributed by atoms with Gasteiger partial charge in [-0.15, -0.1) is 0 Å². The standard InChI is InChI=1S/C19H22F3N5O2/c1-11-8-15(19(20,21)22)27-16(24-11)10-13(25-27)14-4-3-7-26(14)18(28)12-5-6-23-17(9-12)29-2/h5-6,9-11,14-15,24H,3-4,7-8H2,1-2H3/t11-,14+,15-/m1/s1. The topological polar surface area (TPSA) is 72.3 Å². The normalized spacial score (nSPS) is 24.2. The van der Waals surface area contributed by atoms with Crippen LogP contribution < -0.4 is 10.1 Å². The molecule has 7 nitrogen and oxygen atoms in total. The third-order valence-corrected chi connectivity index (χ3v) is 5.44. The lowest BCUT2D eigenvalue weighted by Crippen LogP contribution is -2.38. The first-order valence-electron chi connectivity index (χ1n) is 9.51. The van der Waals surface area contributed by atoms with Crippen LogP contribution in [0.4, 0.5) is 19.0 Å². The van der Waals surface area contributed by atoms with Crippen molar-refractivity contribution in [1.82, 2.24) is 19.7 Å². The molecule has 4 rings (SSSR count). The molecule has 2 aromatic heterocycles. The highest BCUT2D eigenvalue weighted by Gasteiger charge is 2.46. The van der Waals surface area contributed by atoms with E-state index in [4.69, 9.17) is 4.74 Å². The molecule has 0 saturated carbocycles. The number of aromatic nitrogens is 3. The van der Waals surface area contributed by atoms with E-state index in [9.17, 15) is 18.0 Å². The zero-order chi connectivity index (χ0) is 20.8. The van der Waals surface area contributed by atoms with Gasteiger partial charge in [-0.2, -0.15) is 18.3 Å². The summed E-state index contributed by atoms with van der Waals surface area (Å²) in [6, 6.07) is 2.44. The molecule has 0 bridgehead atoms. The van der Waals surface area contributed by atoms with Crippen molar-refractivity contribution < 1.29 is 22.7 Å². The summed E-state index contributed by atoms with van der Waals surface area (Å²) in [5, 5.41) is 7.35. The van der Waals surface area contributed by atoms with Gasteiger partial charge in [0.2, 0.25) is 5.88 Å². The Balaban J connectivity index is 1.64. The number of halogens is 3. The van der Waals surface area contributed by atoms with Crippen molar-refractivity contribution in [3.05, 3.63) is 35.7 Å². The lowest BCUT2D eigenvalue weighted by molar-refractivity contribution is -0.173. The Bertz CT molecular complexity index is 913. The van der Waals surface area contributed by atoms with Gasteiger partial charge in [-0.05, 0) is 32.3 Å². The number of rotatable bonds is 3. The Hall–Kier alpha value is -2.78. The van der Waals surface area contributed by atoms with Gasteiger partial charge in [-0.1, -0.05) is 0 Å². The second kappa shape index (κ2) is 7.23. The van der Waals surface area contributed by atoms with Crippen molar-refractivity contribution in [3.63, 3.8) is 0 Å². The van der Waals surface area contributed by atoms with Gasteiger partial charge >= 0.3 is 6.18 Å². The minimum Gasteiger partial charge on any atom is -0.481 e. The molecule has 3 atom stereocenters. The van der Waals surface area contributed by atoms with E-state index < -0.39 is 12.2 Å². The van der Waals surface area contributed by atoms with E-state index in [1.54, 1.807) is 30.0 Å². The first kappa shape index (κ1) is 19.5. The number of methoxy groups -OCH3 is 1. The lowest BCUT2D eigenvalue weighted by Gasteiger charge is -2.31. The van der Waals surface area contributed by atoms with Crippen LogP contribution in [0.5, 0.6) is 5.88 Å². The van der Waals surface area contributed by atoms with Gasteiger partial charge in [0.1, 0.15) is 5.82 Å². The number of hydrogen-bond acceptors (Lipinski definition) is 5. The van der Waals surface area contributed by atoms with Gasteiger partial charge in [-0.3, -0.25) is 4.79 Å². The van der Waals surface area contributed by atoms with Gasteiger partial charge in [0, 0.05) is 36.5 Å². The Morgan fingerprint density at radius 2 is 2.14 bits per heavy atom. The van der Waals surface area contributed by atoms with Crippen molar-refractivity contribution >= 4 is 11.7 Å². The summed E-state index contributed by atoms with van der Waals surface area (Å²) < 4.78 is 46.6. The van der Waals surface area contributed by atoms with Gasteiger partial charge in [0.25, 0.3) is 5.91 Å². The number of carbonyl (C=O) groups excluding carboxylic acids is 1. The van der Waals surface area contributed by atoms with Crippen LogP contribution in [0.2, 0.25) is 0 Å². The van der Waals surface area contributed by atoms with Crippen LogP contribution in [0.15, 0.2) is 24.4 Å². The Morgan fingerprint density at radius 1 is 1.34 bits per heavy atom. The van der Waals surface area contributed by atoms with Crippen LogP contribution in [-0.4, -0.2) is 51.4 Å². The average Bonchev–Trinajstić information content (AvgIpc) is 3.32. The molecule has 1 amide bonds. The fraction of sp³-hybridized carbons (Fsp3) is 0.526. The monoisotopic (exact) mass is 409 g/mol. The maximum atomic E-state index is 13.5. The molecular weight excluding hydrogens is 387 g/mol. The molecule has 10 heteroatoms. The number of alkyl halides is 3. The SMILES string of the molecule is COc1cc(C(=O)N2CCC[C@H]2c2cc3n(n2)[C@@H](C(F)(F)F)C[C@@H](C)N3)ccn1. The third kappa shape index (κ3) is 3.63. The summed E-state index contributed by atoms with van der Waals surface area (Å²) in [5.41, 5.74) is 0.898. The highest BCUT2D eigenvalue weighted by molar-refractivity contribution is 5.94. The molecule has 1 fully saturated rings. The molecule has 1 N–H and O–H groups in total. The largest absolute Gasteiger partial charge is 0.481 e. The van der Waals surface area contributed by atoms with E-state index in [0.717, 1.165) is 11.1 Å². The first-order chi connectivity index (χ1) is 13.8. The number of carbonyl (C=O) groups is 1. The number of hydrogen-bond donors (Lipinski definition) is 1. The average molecular weight is 409 g/mol. The molecule has 2 aliphatic rings. The van der Waals surface area contributed by atoms with Crippen molar-refractivity contribution in [2.75, 3.05) is 19.0 Å². The molecular formula is C19H22F3N5O2. The molecule has 0 aromatic carbocycles. The molecule has 2 aliphatic heterocycles. The molecule has 0 aliphatic carbocycles. The first-order valence-corrected chi connectivity index (χ1v) is 9.51. The number of anilines is 1. The van der Waals surface area contributed by atoms with Crippen molar-refractivity contribution in [1.29, 1.82) is 0 Å². The Morgan fingerprint density at radius 3 is 2.86 bits per heavy atom. The molecule has 2 aromatic rings. The van der Waals surface area contributed by atoms with Crippen molar-refractivity contribution in [3.8, 4) is 5.88 Å². The third-order valence-electron chi connectivity index (χ3n) is 5.44. The molecule has 0 radical (unpaired) electrons. The van der Waals surface area contributed by atoms with Gasteiger partial charge in [-0.25, -0.2) is 9.67 Å². The second-order valence-corrected chi connectivity index (χ2v) is 7.48. The summed E-state index contributed by atoms with van der Waals surface area (Å²) in [6.45, 7) is 2.24. The summed E-state index contributed by atoms with van der Waals surface area (Å²) in [7, 11) is 1.47. The van der Waals surface area contributed by atoms with E-state index in [1.807, 2.05) is 0 Å².